The third-order valence-electron chi connectivity index (χ3n) is 3.35. The number of imidazole rings is 1. The molecule has 0 amide bonds. The Labute approximate surface area is 100 Å². The van der Waals surface area contributed by atoms with Gasteiger partial charge in [0.25, 0.3) is 0 Å². The molecule has 0 aliphatic carbocycles. The molecule has 17 heavy (non-hydrogen) atoms. The molecule has 3 rings (SSSR count). The van der Waals surface area contributed by atoms with Crippen LogP contribution in [0.25, 0.3) is 0 Å². The van der Waals surface area contributed by atoms with Gasteiger partial charge in [-0.1, -0.05) is 6.07 Å². The lowest BCUT2D eigenvalue weighted by Crippen LogP contribution is -2.17. The summed E-state index contributed by atoms with van der Waals surface area (Å²) < 4.78 is 7.34. The lowest BCUT2D eigenvalue weighted by Gasteiger charge is -2.25. The van der Waals surface area contributed by atoms with Crippen LogP contribution < -0.4 is 4.74 Å². The summed E-state index contributed by atoms with van der Waals surface area (Å²) in [7, 11) is 1.64. The lowest BCUT2D eigenvalue weighted by atomic mass is 9.97. The molecule has 1 aliphatic heterocycles. The van der Waals surface area contributed by atoms with Crippen LogP contribution in [-0.2, 0) is 6.42 Å². The highest BCUT2D eigenvalue weighted by molar-refractivity contribution is 5.23. The third-order valence-corrected chi connectivity index (χ3v) is 3.35. The molecule has 0 saturated carbocycles. The summed E-state index contributed by atoms with van der Waals surface area (Å²) in [5, 5.41) is 0. The van der Waals surface area contributed by atoms with Crippen molar-refractivity contribution in [2.75, 3.05) is 7.11 Å². The number of hydrogen-bond donors (Lipinski definition) is 0. The van der Waals surface area contributed by atoms with Gasteiger partial charge in [0.1, 0.15) is 0 Å². The minimum absolute atomic E-state index is 0.375. The molecule has 0 aromatic carbocycles. The zero-order valence-electron chi connectivity index (χ0n) is 9.84. The molecule has 0 spiro atoms. The summed E-state index contributed by atoms with van der Waals surface area (Å²) in [6.07, 6.45) is 9.27. The normalized spacial score (nSPS) is 18.8. The number of fused-ring (bicyclic) bond motifs is 1. The van der Waals surface area contributed by atoms with Gasteiger partial charge in [0.2, 0.25) is 5.88 Å². The Kier molecular flexibility index (Phi) is 2.55. The van der Waals surface area contributed by atoms with Gasteiger partial charge in [-0.15, -0.1) is 0 Å². The van der Waals surface area contributed by atoms with Crippen molar-refractivity contribution in [3.05, 3.63) is 42.1 Å². The van der Waals surface area contributed by atoms with Crippen LogP contribution in [0.3, 0.4) is 0 Å². The third kappa shape index (κ3) is 1.79. The molecular weight excluding hydrogens is 214 g/mol. The largest absolute Gasteiger partial charge is 0.481 e. The number of methoxy groups -OCH3 is 1. The van der Waals surface area contributed by atoms with Crippen molar-refractivity contribution in [2.45, 2.75) is 25.3 Å². The fourth-order valence-electron chi connectivity index (χ4n) is 2.46. The van der Waals surface area contributed by atoms with E-state index in [9.17, 15) is 0 Å². The zero-order valence-corrected chi connectivity index (χ0v) is 9.84. The maximum absolute atomic E-state index is 5.08. The predicted octanol–water partition coefficient (Wildman–Crippen LogP) is 2.21. The first-order valence-electron chi connectivity index (χ1n) is 5.89. The second-order valence-corrected chi connectivity index (χ2v) is 4.33. The second kappa shape index (κ2) is 4.20. The minimum Gasteiger partial charge on any atom is -0.481 e. The van der Waals surface area contributed by atoms with Crippen LogP contribution in [0.15, 0.2) is 30.9 Å². The topological polar surface area (TPSA) is 39.9 Å². The molecule has 1 atom stereocenters. The maximum Gasteiger partial charge on any atom is 0.212 e. The molecule has 0 fully saturated rings. The standard InChI is InChI=1S/C13H15N3O/c1-17-13-6-5-10(7-15-13)12-4-2-3-11-8-14-9-16(11)12/h5-9,12H,2-4H2,1H3. The Morgan fingerprint density at radius 1 is 1.35 bits per heavy atom. The molecule has 2 aromatic heterocycles. The average Bonchev–Trinajstić information content (AvgIpc) is 2.87. The van der Waals surface area contributed by atoms with Crippen LogP contribution in [0.4, 0.5) is 0 Å². The SMILES string of the molecule is COc1ccc(C2CCCc3cncn32)cn1. The zero-order chi connectivity index (χ0) is 11.7. The van der Waals surface area contributed by atoms with Crippen molar-refractivity contribution < 1.29 is 4.74 Å². The van der Waals surface area contributed by atoms with Crippen LogP contribution in [0, 0.1) is 0 Å². The summed E-state index contributed by atoms with van der Waals surface area (Å²) in [5.74, 6) is 0.662. The van der Waals surface area contributed by atoms with Crippen molar-refractivity contribution >= 4 is 0 Å². The minimum atomic E-state index is 0.375. The molecule has 88 valence electrons. The van der Waals surface area contributed by atoms with Gasteiger partial charge in [0.15, 0.2) is 0 Å². The van der Waals surface area contributed by atoms with Crippen molar-refractivity contribution in [1.29, 1.82) is 0 Å². The van der Waals surface area contributed by atoms with Gasteiger partial charge >= 0.3 is 0 Å². The second-order valence-electron chi connectivity index (χ2n) is 4.33. The fourth-order valence-corrected chi connectivity index (χ4v) is 2.46. The van der Waals surface area contributed by atoms with E-state index in [-0.39, 0.29) is 0 Å². The van der Waals surface area contributed by atoms with E-state index in [1.165, 1.54) is 17.7 Å². The van der Waals surface area contributed by atoms with Crippen molar-refractivity contribution in [3.63, 3.8) is 0 Å². The highest BCUT2D eigenvalue weighted by Crippen LogP contribution is 2.30. The van der Waals surface area contributed by atoms with E-state index >= 15 is 0 Å². The molecule has 4 nitrogen and oxygen atoms in total. The van der Waals surface area contributed by atoms with Crippen molar-refractivity contribution in [1.82, 2.24) is 14.5 Å². The van der Waals surface area contributed by atoms with Gasteiger partial charge in [-0.05, 0) is 24.8 Å². The molecule has 3 heterocycles. The highest BCUT2D eigenvalue weighted by Gasteiger charge is 2.21. The molecule has 0 N–H and O–H groups in total. The number of hydrogen-bond acceptors (Lipinski definition) is 3. The van der Waals surface area contributed by atoms with Crippen LogP contribution in [0.2, 0.25) is 0 Å². The first kappa shape index (κ1) is 10.3. The van der Waals surface area contributed by atoms with E-state index < -0.39 is 0 Å². The van der Waals surface area contributed by atoms with E-state index in [0.717, 1.165) is 12.8 Å². The Balaban J connectivity index is 1.95. The fraction of sp³-hybridized carbons (Fsp3) is 0.385. The van der Waals surface area contributed by atoms with Gasteiger partial charge in [0.05, 0.1) is 19.5 Å². The van der Waals surface area contributed by atoms with Crippen molar-refractivity contribution in [3.8, 4) is 5.88 Å². The summed E-state index contributed by atoms with van der Waals surface area (Å²) in [4.78, 5) is 8.50. The van der Waals surface area contributed by atoms with Crippen LogP contribution in [0.1, 0.15) is 30.1 Å². The number of rotatable bonds is 2. The first-order chi connectivity index (χ1) is 8.38. The van der Waals surface area contributed by atoms with E-state index in [1.807, 2.05) is 24.8 Å². The molecule has 0 bridgehead atoms. The quantitative estimate of drug-likeness (QED) is 0.792. The maximum atomic E-state index is 5.08. The lowest BCUT2D eigenvalue weighted by molar-refractivity contribution is 0.396. The Morgan fingerprint density at radius 3 is 3.06 bits per heavy atom. The van der Waals surface area contributed by atoms with Gasteiger partial charge in [0, 0.05) is 24.2 Å². The number of ether oxygens (including phenoxy) is 1. The summed E-state index contributed by atoms with van der Waals surface area (Å²) >= 11 is 0. The van der Waals surface area contributed by atoms with Crippen LogP contribution in [0.5, 0.6) is 5.88 Å². The number of aromatic nitrogens is 3. The molecular formula is C13H15N3O. The molecule has 0 saturated heterocycles. The number of nitrogens with zero attached hydrogens (tertiary/aromatic N) is 3. The average molecular weight is 229 g/mol. The summed E-state index contributed by atoms with van der Waals surface area (Å²) in [5.41, 5.74) is 2.54. The van der Waals surface area contributed by atoms with Crippen LogP contribution >= 0.6 is 0 Å². The number of pyridine rings is 1. The van der Waals surface area contributed by atoms with E-state index in [0.29, 0.717) is 11.9 Å². The van der Waals surface area contributed by atoms with Gasteiger partial charge in [-0.2, -0.15) is 0 Å². The summed E-state index contributed by atoms with van der Waals surface area (Å²) in [6, 6.07) is 4.38. The van der Waals surface area contributed by atoms with E-state index in [2.05, 4.69) is 20.6 Å². The smallest absolute Gasteiger partial charge is 0.212 e. The molecule has 0 radical (unpaired) electrons. The van der Waals surface area contributed by atoms with Gasteiger partial charge in [-0.25, -0.2) is 9.97 Å². The van der Waals surface area contributed by atoms with Crippen LogP contribution in [-0.4, -0.2) is 21.6 Å². The highest BCUT2D eigenvalue weighted by atomic mass is 16.5. The van der Waals surface area contributed by atoms with Crippen molar-refractivity contribution in [2.24, 2.45) is 0 Å². The van der Waals surface area contributed by atoms with Gasteiger partial charge in [-0.3, -0.25) is 0 Å². The molecule has 1 aliphatic rings. The predicted molar refractivity (Wildman–Crippen MR) is 64.1 cm³/mol. The molecule has 1 unspecified atom stereocenters. The van der Waals surface area contributed by atoms with E-state index in [1.54, 1.807) is 7.11 Å². The molecule has 2 aromatic rings. The Morgan fingerprint density at radius 2 is 2.29 bits per heavy atom. The molecule has 4 heteroatoms. The number of aryl methyl sites for hydroxylation is 1. The monoisotopic (exact) mass is 229 g/mol. The van der Waals surface area contributed by atoms with Gasteiger partial charge < -0.3 is 9.30 Å². The Bertz CT molecular complexity index is 504. The first-order valence-corrected chi connectivity index (χ1v) is 5.89. The summed E-state index contributed by atoms with van der Waals surface area (Å²) in [6.45, 7) is 0. The Hall–Kier alpha value is -1.84. The van der Waals surface area contributed by atoms with E-state index in [4.69, 9.17) is 4.74 Å².